The minimum atomic E-state index is -4.40. The van der Waals surface area contributed by atoms with Crippen LogP contribution in [-0.2, 0) is 12.7 Å². The van der Waals surface area contributed by atoms with E-state index < -0.39 is 11.7 Å². The Balaban J connectivity index is 2.00. The zero-order chi connectivity index (χ0) is 15.0. The van der Waals surface area contributed by atoms with Crippen molar-refractivity contribution in [3.05, 3.63) is 34.2 Å². The molecule has 0 spiro atoms. The predicted molar refractivity (Wildman–Crippen MR) is 73.2 cm³/mol. The number of hydrogen-bond donors (Lipinski definition) is 2. The molecule has 1 saturated heterocycles. The Hall–Kier alpha value is -1.76. The fraction of sp³-hybridized carbons (Fsp3) is 0.500. The van der Waals surface area contributed by atoms with Gasteiger partial charge in [0.25, 0.3) is 0 Å². The molecule has 2 N–H and O–H groups in total. The molecule has 1 aromatic carbocycles. The molecular formula is C14H16F3N3O. The number of aromatic nitrogens is 2. The summed E-state index contributed by atoms with van der Waals surface area (Å²) in [5.74, 6) is 0.317. The standard InChI is InChI=1S/C14H16F3N3O/c15-14(16,17)10-1-2-11-12(7-10)20(13(21)19-11)8-9-3-5-18-6-4-9/h1-2,7,9,18H,3-6,8H2,(H,19,21). The van der Waals surface area contributed by atoms with Gasteiger partial charge < -0.3 is 10.3 Å². The van der Waals surface area contributed by atoms with E-state index in [-0.39, 0.29) is 5.69 Å². The van der Waals surface area contributed by atoms with E-state index in [1.165, 1.54) is 10.6 Å². The molecule has 1 aromatic heterocycles. The van der Waals surface area contributed by atoms with Crippen molar-refractivity contribution in [2.45, 2.75) is 25.6 Å². The van der Waals surface area contributed by atoms with Gasteiger partial charge in [0.05, 0.1) is 16.6 Å². The van der Waals surface area contributed by atoms with Gasteiger partial charge in [-0.1, -0.05) is 0 Å². The molecule has 0 saturated carbocycles. The van der Waals surface area contributed by atoms with Crippen LogP contribution in [0.25, 0.3) is 11.0 Å². The maximum Gasteiger partial charge on any atom is 0.416 e. The first-order valence-electron chi connectivity index (χ1n) is 6.95. The molecule has 2 aromatic rings. The van der Waals surface area contributed by atoms with Gasteiger partial charge in [0.2, 0.25) is 0 Å². The lowest BCUT2D eigenvalue weighted by atomic mass is 9.98. The van der Waals surface area contributed by atoms with Crippen molar-refractivity contribution in [3.8, 4) is 0 Å². The van der Waals surface area contributed by atoms with Crippen LogP contribution >= 0.6 is 0 Å². The van der Waals surface area contributed by atoms with Gasteiger partial charge in [0.1, 0.15) is 0 Å². The molecule has 4 nitrogen and oxygen atoms in total. The summed E-state index contributed by atoms with van der Waals surface area (Å²) in [4.78, 5) is 14.6. The lowest BCUT2D eigenvalue weighted by molar-refractivity contribution is -0.137. The summed E-state index contributed by atoms with van der Waals surface area (Å²) in [6.07, 6.45) is -2.54. The molecule has 7 heteroatoms. The van der Waals surface area contributed by atoms with Crippen LogP contribution < -0.4 is 11.0 Å². The lowest BCUT2D eigenvalue weighted by Crippen LogP contribution is -2.32. The first kappa shape index (κ1) is 14.2. The number of imidazole rings is 1. The predicted octanol–water partition coefficient (Wildman–Crippen LogP) is 2.35. The Morgan fingerprint density at radius 2 is 1.95 bits per heavy atom. The second-order valence-corrected chi connectivity index (χ2v) is 5.46. The lowest BCUT2D eigenvalue weighted by Gasteiger charge is -2.22. The van der Waals surface area contributed by atoms with E-state index in [9.17, 15) is 18.0 Å². The smallest absolute Gasteiger partial charge is 0.317 e. The second kappa shape index (κ2) is 5.22. The number of nitrogens with one attached hydrogen (secondary N) is 2. The van der Waals surface area contributed by atoms with Crippen molar-refractivity contribution < 1.29 is 13.2 Å². The van der Waals surface area contributed by atoms with Gasteiger partial charge in [0.15, 0.2) is 0 Å². The maximum atomic E-state index is 12.8. The average molecular weight is 299 g/mol. The summed E-state index contributed by atoms with van der Waals surface area (Å²) in [5, 5.41) is 3.23. The Morgan fingerprint density at radius 3 is 2.62 bits per heavy atom. The summed E-state index contributed by atoms with van der Waals surface area (Å²) >= 11 is 0. The van der Waals surface area contributed by atoms with Gasteiger partial charge in [-0.2, -0.15) is 13.2 Å². The van der Waals surface area contributed by atoms with Gasteiger partial charge in [-0.25, -0.2) is 4.79 Å². The molecule has 3 rings (SSSR count). The fourth-order valence-electron chi connectivity index (χ4n) is 2.83. The molecule has 0 atom stereocenters. The summed E-state index contributed by atoms with van der Waals surface area (Å²) < 4.78 is 39.9. The molecule has 0 unspecified atom stereocenters. The third-order valence-corrected chi connectivity index (χ3v) is 4.00. The zero-order valence-electron chi connectivity index (χ0n) is 11.3. The van der Waals surface area contributed by atoms with E-state index in [1.807, 2.05) is 0 Å². The number of benzene rings is 1. The Bertz CT molecular complexity index is 696. The Morgan fingerprint density at radius 1 is 1.24 bits per heavy atom. The van der Waals surface area contributed by atoms with E-state index in [1.54, 1.807) is 0 Å². The van der Waals surface area contributed by atoms with Crippen molar-refractivity contribution in [2.24, 2.45) is 5.92 Å². The first-order valence-corrected chi connectivity index (χ1v) is 6.95. The van der Waals surface area contributed by atoms with Gasteiger partial charge in [0, 0.05) is 6.54 Å². The molecule has 1 aliphatic rings. The van der Waals surface area contributed by atoms with Crippen LogP contribution in [0.1, 0.15) is 18.4 Å². The van der Waals surface area contributed by atoms with E-state index in [4.69, 9.17) is 0 Å². The largest absolute Gasteiger partial charge is 0.416 e. The van der Waals surface area contributed by atoms with E-state index in [2.05, 4.69) is 10.3 Å². The molecule has 1 fully saturated rings. The minimum Gasteiger partial charge on any atom is -0.317 e. The highest BCUT2D eigenvalue weighted by atomic mass is 19.4. The van der Waals surface area contributed by atoms with Crippen LogP contribution in [0.5, 0.6) is 0 Å². The van der Waals surface area contributed by atoms with Crippen molar-refractivity contribution >= 4 is 11.0 Å². The number of hydrogen-bond acceptors (Lipinski definition) is 2. The van der Waals surface area contributed by atoms with Crippen LogP contribution in [0.3, 0.4) is 0 Å². The molecule has 1 aliphatic heterocycles. The third kappa shape index (κ3) is 2.83. The van der Waals surface area contributed by atoms with E-state index in [0.717, 1.165) is 38.1 Å². The number of piperidine rings is 1. The van der Waals surface area contributed by atoms with Crippen LogP contribution in [0.2, 0.25) is 0 Å². The van der Waals surface area contributed by atoms with Crippen LogP contribution in [0.4, 0.5) is 13.2 Å². The fourth-order valence-corrected chi connectivity index (χ4v) is 2.83. The van der Waals surface area contributed by atoms with Gasteiger partial charge in [-0.05, 0) is 50.0 Å². The molecular weight excluding hydrogens is 283 g/mol. The van der Waals surface area contributed by atoms with Gasteiger partial charge >= 0.3 is 11.9 Å². The highest BCUT2D eigenvalue weighted by molar-refractivity contribution is 5.76. The van der Waals surface area contributed by atoms with Crippen LogP contribution in [0.15, 0.2) is 23.0 Å². The molecule has 0 amide bonds. The average Bonchev–Trinajstić information content (AvgIpc) is 2.75. The SMILES string of the molecule is O=c1[nH]c2ccc(C(F)(F)F)cc2n1CC1CCNCC1. The highest BCUT2D eigenvalue weighted by Crippen LogP contribution is 2.31. The number of nitrogens with zero attached hydrogens (tertiary/aromatic N) is 1. The second-order valence-electron chi connectivity index (χ2n) is 5.46. The van der Waals surface area contributed by atoms with Crippen molar-refractivity contribution in [2.75, 3.05) is 13.1 Å². The summed E-state index contributed by atoms with van der Waals surface area (Å²) in [6, 6.07) is 3.36. The molecule has 0 bridgehead atoms. The van der Waals surface area contributed by atoms with Gasteiger partial charge in [-0.3, -0.25) is 4.57 Å². The highest BCUT2D eigenvalue weighted by Gasteiger charge is 2.31. The number of rotatable bonds is 2. The Kier molecular flexibility index (Phi) is 3.52. The molecule has 114 valence electrons. The quantitative estimate of drug-likeness (QED) is 0.894. The number of H-pyrrole nitrogens is 1. The number of fused-ring (bicyclic) bond motifs is 1. The van der Waals surface area contributed by atoms with Crippen molar-refractivity contribution in [3.63, 3.8) is 0 Å². The Labute approximate surface area is 119 Å². The molecule has 0 aliphatic carbocycles. The topological polar surface area (TPSA) is 49.8 Å². The molecule has 2 heterocycles. The van der Waals surface area contributed by atoms with Gasteiger partial charge in [-0.15, -0.1) is 0 Å². The maximum absolute atomic E-state index is 12.8. The van der Waals surface area contributed by atoms with Crippen LogP contribution in [0, 0.1) is 5.92 Å². The van der Waals surface area contributed by atoms with Crippen LogP contribution in [-0.4, -0.2) is 22.6 Å². The van der Waals surface area contributed by atoms with Crippen molar-refractivity contribution in [1.82, 2.24) is 14.9 Å². The van der Waals surface area contributed by atoms with Crippen molar-refractivity contribution in [1.29, 1.82) is 0 Å². The first-order chi connectivity index (χ1) is 9.95. The number of halogens is 3. The number of alkyl halides is 3. The number of aromatic amines is 1. The monoisotopic (exact) mass is 299 g/mol. The molecule has 21 heavy (non-hydrogen) atoms. The summed E-state index contributed by atoms with van der Waals surface area (Å²) in [6.45, 7) is 2.23. The normalized spacial score (nSPS) is 17.5. The molecule has 0 radical (unpaired) electrons. The summed E-state index contributed by atoms with van der Waals surface area (Å²) in [7, 11) is 0. The zero-order valence-corrected chi connectivity index (χ0v) is 11.3. The summed E-state index contributed by atoms with van der Waals surface area (Å²) in [5.41, 5.74) is -0.300. The minimum absolute atomic E-state index is 0.317. The third-order valence-electron chi connectivity index (χ3n) is 4.00. The van der Waals surface area contributed by atoms with E-state index in [0.29, 0.717) is 23.5 Å². The van der Waals surface area contributed by atoms with E-state index >= 15 is 0 Å².